The number of rotatable bonds is 4. The molecule has 25 heavy (non-hydrogen) atoms. The van der Waals surface area contributed by atoms with Crippen LogP contribution in [-0.2, 0) is 6.54 Å². The maximum Gasteiger partial charge on any atom is 0.191 e. The highest BCUT2D eigenvalue weighted by Crippen LogP contribution is 2.29. The van der Waals surface area contributed by atoms with Crippen LogP contribution in [-0.4, -0.2) is 52.5 Å². The number of imidazole rings is 1. The van der Waals surface area contributed by atoms with Gasteiger partial charge in [0.15, 0.2) is 5.96 Å². The Hall–Kier alpha value is -1.06. The molecular formula is C17H24ClIN6. The van der Waals surface area contributed by atoms with Crippen molar-refractivity contribution in [1.82, 2.24) is 24.9 Å². The van der Waals surface area contributed by atoms with E-state index in [-0.39, 0.29) is 24.0 Å². The van der Waals surface area contributed by atoms with Gasteiger partial charge in [-0.05, 0) is 31.4 Å². The highest BCUT2D eigenvalue weighted by atomic mass is 127. The Morgan fingerprint density at radius 3 is 2.92 bits per heavy atom. The Morgan fingerprint density at radius 2 is 2.16 bits per heavy atom. The molecule has 1 saturated heterocycles. The summed E-state index contributed by atoms with van der Waals surface area (Å²) in [6.07, 6.45) is 7.79. The predicted molar refractivity (Wildman–Crippen MR) is 112 cm³/mol. The van der Waals surface area contributed by atoms with E-state index in [0.717, 1.165) is 29.9 Å². The molecule has 2 aromatic rings. The number of guanidine groups is 1. The highest BCUT2D eigenvalue weighted by molar-refractivity contribution is 14.0. The summed E-state index contributed by atoms with van der Waals surface area (Å²) in [5.41, 5.74) is 1.86. The average molecular weight is 475 g/mol. The third-order valence-electron chi connectivity index (χ3n) is 4.75. The van der Waals surface area contributed by atoms with Crippen molar-refractivity contribution in [2.24, 2.45) is 4.99 Å². The van der Waals surface area contributed by atoms with Gasteiger partial charge in [0.05, 0.1) is 17.3 Å². The molecule has 3 heterocycles. The smallest absolute Gasteiger partial charge is 0.191 e. The summed E-state index contributed by atoms with van der Waals surface area (Å²) in [6.45, 7) is 2.96. The molecule has 0 bridgehead atoms. The van der Waals surface area contributed by atoms with E-state index < -0.39 is 0 Å². The van der Waals surface area contributed by atoms with Gasteiger partial charge in [0.2, 0.25) is 0 Å². The summed E-state index contributed by atoms with van der Waals surface area (Å²) < 4.78 is 1.94. The molecule has 6 nitrogen and oxygen atoms in total. The average Bonchev–Trinajstić information content (AvgIpc) is 3.19. The van der Waals surface area contributed by atoms with Gasteiger partial charge in [-0.15, -0.1) is 24.0 Å². The monoisotopic (exact) mass is 474 g/mol. The number of nitrogens with zero attached hydrogens (tertiary/aromatic N) is 4. The predicted octanol–water partition coefficient (Wildman–Crippen LogP) is 2.51. The maximum absolute atomic E-state index is 6.01. The zero-order valence-corrected chi connectivity index (χ0v) is 17.4. The first-order valence-corrected chi connectivity index (χ1v) is 8.93. The Morgan fingerprint density at radius 1 is 1.32 bits per heavy atom. The molecule has 0 radical (unpaired) electrons. The fourth-order valence-corrected chi connectivity index (χ4v) is 3.51. The normalized spacial score (nSPS) is 21.4. The van der Waals surface area contributed by atoms with Crippen LogP contribution in [0.4, 0.5) is 0 Å². The molecule has 1 unspecified atom stereocenters. The molecule has 2 aromatic heterocycles. The number of nitrogens with one attached hydrogen (secondary N) is 2. The lowest BCUT2D eigenvalue weighted by Gasteiger charge is -2.18. The third kappa shape index (κ3) is 4.57. The van der Waals surface area contributed by atoms with Gasteiger partial charge >= 0.3 is 0 Å². The minimum atomic E-state index is 0. The minimum Gasteiger partial charge on any atom is -0.352 e. The molecule has 0 spiro atoms. The minimum absolute atomic E-state index is 0. The number of likely N-dealkylation sites (tertiary alicyclic amines) is 1. The van der Waals surface area contributed by atoms with Gasteiger partial charge < -0.3 is 15.0 Å². The van der Waals surface area contributed by atoms with Crippen LogP contribution in [0.1, 0.15) is 25.0 Å². The van der Waals surface area contributed by atoms with Gasteiger partial charge in [-0.2, -0.15) is 0 Å². The molecule has 2 N–H and O–H groups in total. The summed E-state index contributed by atoms with van der Waals surface area (Å²) >= 11 is 6.01. The van der Waals surface area contributed by atoms with E-state index in [1.807, 2.05) is 36.0 Å². The Balaban J connectivity index is 0.00000182. The summed E-state index contributed by atoms with van der Waals surface area (Å²) in [7, 11) is 1.81. The molecule has 1 aliphatic heterocycles. The van der Waals surface area contributed by atoms with Gasteiger partial charge in [-0.3, -0.25) is 9.89 Å². The number of hydrogen-bond acceptors (Lipinski definition) is 3. The first kappa shape index (κ1) is 18.7. The molecule has 1 atom stereocenters. The van der Waals surface area contributed by atoms with Crippen molar-refractivity contribution in [3.05, 3.63) is 35.2 Å². The molecule has 2 fully saturated rings. The Labute approximate surface area is 170 Å². The van der Waals surface area contributed by atoms with Crippen molar-refractivity contribution < 1.29 is 0 Å². The van der Waals surface area contributed by atoms with Gasteiger partial charge in [-0.1, -0.05) is 11.6 Å². The lowest BCUT2D eigenvalue weighted by Crippen LogP contribution is -2.44. The van der Waals surface area contributed by atoms with E-state index in [4.69, 9.17) is 11.6 Å². The van der Waals surface area contributed by atoms with Crippen molar-refractivity contribution >= 4 is 47.2 Å². The lowest BCUT2D eigenvalue weighted by atomic mass is 10.3. The molecule has 2 aliphatic rings. The number of aliphatic imine (C=N–C) groups is 1. The van der Waals surface area contributed by atoms with Crippen LogP contribution in [0.2, 0.25) is 5.02 Å². The maximum atomic E-state index is 6.01. The van der Waals surface area contributed by atoms with Crippen molar-refractivity contribution in [1.29, 1.82) is 0 Å². The van der Waals surface area contributed by atoms with Gasteiger partial charge in [0, 0.05) is 44.6 Å². The van der Waals surface area contributed by atoms with Crippen LogP contribution in [0.3, 0.4) is 0 Å². The van der Waals surface area contributed by atoms with Crippen molar-refractivity contribution in [3.63, 3.8) is 0 Å². The van der Waals surface area contributed by atoms with E-state index >= 15 is 0 Å². The van der Waals surface area contributed by atoms with Crippen LogP contribution < -0.4 is 10.6 Å². The number of aromatic nitrogens is 2. The van der Waals surface area contributed by atoms with Crippen LogP contribution in [0.25, 0.3) is 5.65 Å². The van der Waals surface area contributed by atoms with Gasteiger partial charge in [0.25, 0.3) is 0 Å². The van der Waals surface area contributed by atoms with Crippen molar-refractivity contribution in [2.45, 2.75) is 37.9 Å². The van der Waals surface area contributed by atoms with Gasteiger partial charge in [-0.25, -0.2) is 4.98 Å². The SMILES string of the molecule is CN=C(NCc1cn2cc(Cl)ccc2n1)NC1CCN(C2CC2)C1.I. The third-order valence-corrected chi connectivity index (χ3v) is 4.97. The van der Waals surface area contributed by atoms with Crippen molar-refractivity contribution in [2.75, 3.05) is 20.1 Å². The number of halogens is 2. The van der Waals surface area contributed by atoms with Crippen molar-refractivity contribution in [3.8, 4) is 0 Å². The number of fused-ring (bicyclic) bond motifs is 1. The zero-order valence-electron chi connectivity index (χ0n) is 14.3. The molecule has 4 rings (SSSR count). The molecule has 8 heteroatoms. The molecule has 1 aliphatic carbocycles. The summed E-state index contributed by atoms with van der Waals surface area (Å²) in [5.74, 6) is 0.840. The molecule has 1 saturated carbocycles. The van der Waals surface area contributed by atoms with Crippen LogP contribution in [0.5, 0.6) is 0 Å². The zero-order chi connectivity index (χ0) is 16.5. The molecular weight excluding hydrogens is 451 g/mol. The number of hydrogen-bond donors (Lipinski definition) is 2. The van der Waals surface area contributed by atoms with Crippen LogP contribution in [0, 0.1) is 0 Å². The van der Waals surface area contributed by atoms with E-state index in [1.54, 1.807) is 0 Å². The molecule has 136 valence electrons. The standard InChI is InChI=1S/C17H23ClN6.HI/c1-19-17(22-13-6-7-23(10-13)15-3-4-15)20-8-14-11-24-9-12(18)2-5-16(24)21-14;/h2,5,9,11,13,15H,3-4,6-8,10H2,1H3,(H2,19,20,22);1H. The Bertz CT molecular complexity index is 757. The largest absolute Gasteiger partial charge is 0.352 e. The quantitative estimate of drug-likeness (QED) is 0.406. The highest BCUT2D eigenvalue weighted by Gasteiger charge is 2.34. The first-order chi connectivity index (χ1) is 11.7. The van der Waals surface area contributed by atoms with Crippen LogP contribution >= 0.6 is 35.6 Å². The summed E-state index contributed by atoms with van der Waals surface area (Å²) in [5, 5.41) is 7.60. The second kappa shape index (κ2) is 8.09. The van der Waals surface area contributed by atoms with Crippen LogP contribution in [0.15, 0.2) is 29.5 Å². The fourth-order valence-electron chi connectivity index (χ4n) is 3.34. The fraction of sp³-hybridized carbons (Fsp3) is 0.529. The van der Waals surface area contributed by atoms with Gasteiger partial charge in [0.1, 0.15) is 5.65 Å². The topological polar surface area (TPSA) is 57.0 Å². The first-order valence-electron chi connectivity index (χ1n) is 8.55. The number of pyridine rings is 1. The van der Waals surface area contributed by atoms with E-state index in [1.165, 1.54) is 25.8 Å². The van der Waals surface area contributed by atoms with E-state index in [9.17, 15) is 0 Å². The summed E-state index contributed by atoms with van der Waals surface area (Å²) in [6, 6.07) is 5.10. The van der Waals surface area contributed by atoms with E-state index in [2.05, 4.69) is 25.5 Å². The lowest BCUT2D eigenvalue weighted by molar-refractivity contribution is 0.321. The molecule has 0 amide bonds. The van der Waals surface area contributed by atoms with E-state index in [0.29, 0.717) is 17.6 Å². The second-order valence-corrected chi connectivity index (χ2v) is 7.06. The summed E-state index contributed by atoms with van der Waals surface area (Å²) in [4.78, 5) is 11.5. The Kier molecular flexibility index (Phi) is 6.06. The second-order valence-electron chi connectivity index (χ2n) is 6.63. The molecule has 0 aromatic carbocycles.